The van der Waals surface area contributed by atoms with Crippen molar-refractivity contribution in [2.24, 2.45) is 0 Å². The fourth-order valence-corrected chi connectivity index (χ4v) is 4.56. The van der Waals surface area contributed by atoms with Crippen molar-refractivity contribution in [1.29, 1.82) is 0 Å². The molecule has 0 fully saturated rings. The normalized spacial score (nSPS) is 12.2. The second-order valence-electron chi connectivity index (χ2n) is 6.20. The Kier molecular flexibility index (Phi) is 6.11. The molecule has 3 aromatic rings. The molecule has 1 atom stereocenters. The van der Waals surface area contributed by atoms with Gasteiger partial charge in [-0.2, -0.15) is 0 Å². The zero-order valence-corrected chi connectivity index (χ0v) is 16.2. The molecule has 28 heavy (non-hydrogen) atoms. The molecule has 0 unspecified atom stereocenters. The quantitative estimate of drug-likeness (QED) is 0.663. The highest BCUT2D eigenvalue weighted by Gasteiger charge is 2.29. The number of hydrogen-bond acceptors (Lipinski definition) is 4. The molecule has 3 rings (SSSR count). The molecular weight excluding hydrogens is 374 g/mol. The van der Waals surface area contributed by atoms with Crippen LogP contribution in [0, 0.1) is 0 Å². The van der Waals surface area contributed by atoms with E-state index in [1.165, 1.54) is 0 Å². The fourth-order valence-electron chi connectivity index (χ4n) is 2.88. The molecule has 6 heteroatoms. The number of carbonyl (C=O) groups is 1. The van der Waals surface area contributed by atoms with Gasteiger partial charge >= 0.3 is 0 Å². The smallest absolute Gasteiger partial charge is 0.251 e. The van der Waals surface area contributed by atoms with E-state index in [1.54, 1.807) is 86.0 Å². The summed E-state index contributed by atoms with van der Waals surface area (Å²) in [5, 5.41) is 1.86. The van der Waals surface area contributed by atoms with Gasteiger partial charge in [-0.15, -0.1) is 0 Å². The zero-order chi connectivity index (χ0) is 20.0. The van der Waals surface area contributed by atoms with Gasteiger partial charge in [0.05, 0.1) is 12.0 Å². The van der Waals surface area contributed by atoms with Gasteiger partial charge in [0.25, 0.3) is 5.91 Å². The molecule has 1 amide bonds. The van der Waals surface area contributed by atoms with Gasteiger partial charge in [0.1, 0.15) is 11.0 Å². The van der Waals surface area contributed by atoms with Crippen LogP contribution in [0.2, 0.25) is 0 Å². The minimum atomic E-state index is -3.68. The average molecular weight is 395 g/mol. The predicted octanol–water partition coefficient (Wildman–Crippen LogP) is 3.64. The van der Waals surface area contributed by atoms with Crippen LogP contribution >= 0.6 is 0 Å². The molecule has 0 spiro atoms. The molecule has 0 aromatic heterocycles. The van der Waals surface area contributed by atoms with Crippen LogP contribution in [0.1, 0.15) is 21.2 Å². The van der Waals surface area contributed by atoms with Crippen molar-refractivity contribution in [1.82, 2.24) is 5.32 Å². The molecule has 0 heterocycles. The Morgan fingerprint density at radius 3 is 2.04 bits per heavy atom. The maximum atomic E-state index is 13.2. The lowest BCUT2D eigenvalue weighted by Gasteiger charge is -2.19. The Hall–Kier alpha value is -3.12. The second-order valence-corrected chi connectivity index (χ2v) is 8.33. The lowest BCUT2D eigenvalue weighted by atomic mass is 10.1. The molecule has 144 valence electrons. The topological polar surface area (TPSA) is 72.5 Å². The van der Waals surface area contributed by atoms with Crippen LogP contribution in [0.3, 0.4) is 0 Å². The van der Waals surface area contributed by atoms with Gasteiger partial charge < -0.3 is 10.1 Å². The highest BCUT2D eigenvalue weighted by Crippen LogP contribution is 2.28. The highest BCUT2D eigenvalue weighted by atomic mass is 32.2. The van der Waals surface area contributed by atoms with Crippen molar-refractivity contribution in [3.05, 3.63) is 96.1 Å². The lowest BCUT2D eigenvalue weighted by Crippen LogP contribution is -2.32. The molecular formula is C22H21NO4S. The molecule has 1 N–H and O–H groups in total. The number of ether oxygens (including phenoxy) is 1. The summed E-state index contributed by atoms with van der Waals surface area (Å²) in [5.41, 5.74) is 1.06. The Bertz CT molecular complexity index is 1020. The first-order chi connectivity index (χ1) is 13.5. The predicted molar refractivity (Wildman–Crippen MR) is 108 cm³/mol. The molecule has 0 saturated heterocycles. The summed E-state index contributed by atoms with van der Waals surface area (Å²) in [6, 6.07) is 23.8. The van der Waals surface area contributed by atoms with Crippen LogP contribution < -0.4 is 10.1 Å². The first-order valence-corrected chi connectivity index (χ1v) is 10.3. The van der Waals surface area contributed by atoms with Gasteiger partial charge in [0, 0.05) is 12.1 Å². The van der Waals surface area contributed by atoms with Gasteiger partial charge in [-0.25, -0.2) is 8.42 Å². The van der Waals surface area contributed by atoms with Gasteiger partial charge in [-0.05, 0) is 42.0 Å². The molecule has 0 aliphatic carbocycles. The SMILES string of the molecule is COc1ccc(C(=O)NC[C@H](c2ccccc2)S(=O)(=O)c2ccccc2)cc1. The van der Waals surface area contributed by atoms with Crippen LogP contribution in [0.4, 0.5) is 0 Å². The number of hydrogen-bond donors (Lipinski definition) is 1. The van der Waals surface area contributed by atoms with E-state index in [9.17, 15) is 13.2 Å². The minimum Gasteiger partial charge on any atom is -0.497 e. The summed E-state index contributed by atoms with van der Waals surface area (Å²) in [4.78, 5) is 12.7. The fraction of sp³-hybridized carbons (Fsp3) is 0.136. The van der Waals surface area contributed by atoms with Gasteiger partial charge in [0.2, 0.25) is 0 Å². The third-order valence-electron chi connectivity index (χ3n) is 4.42. The Morgan fingerprint density at radius 1 is 0.893 bits per heavy atom. The van der Waals surface area contributed by atoms with E-state index in [1.807, 2.05) is 6.07 Å². The van der Waals surface area contributed by atoms with Crippen molar-refractivity contribution in [3.63, 3.8) is 0 Å². The molecule has 0 saturated carbocycles. The van der Waals surface area contributed by atoms with E-state index >= 15 is 0 Å². The van der Waals surface area contributed by atoms with Crippen molar-refractivity contribution >= 4 is 15.7 Å². The number of rotatable bonds is 7. The summed E-state index contributed by atoms with van der Waals surface area (Å²) in [7, 11) is -2.13. The number of carbonyl (C=O) groups excluding carboxylic acids is 1. The van der Waals surface area contributed by atoms with E-state index in [4.69, 9.17) is 4.74 Å². The van der Waals surface area contributed by atoms with Crippen molar-refractivity contribution in [3.8, 4) is 5.75 Å². The summed E-state index contributed by atoms with van der Waals surface area (Å²) in [6.07, 6.45) is 0. The van der Waals surface area contributed by atoms with E-state index in [0.29, 0.717) is 16.9 Å². The van der Waals surface area contributed by atoms with E-state index in [-0.39, 0.29) is 17.3 Å². The van der Waals surface area contributed by atoms with E-state index in [2.05, 4.69) is 5.32 Å². The molecule has 0 radical (unpaired) electrons. The van der Waals surface area contributed by atoms with Crippen LogP contribution in [-0.4, -0.2) is 28.0 Å². The summed E-state index contributed by atoms with van der Waals surface area (Å²) in [6.45, 7) is -0.0356. The van der Waals surface area contributed by atoms with Gasteiger partial charge in [-0.3, -0.25) is 4.79 Å². The first kappa shape index (κ1) is 19.6. The lowest BCUT2D eigenvalue weighted by molar-refractivity contribution is 0.0953. The second kappa shape index (κ2) is 8.71. The molecule has 0 aliphatic rings. The molecule has 3 aromatic carbocycles. The van der Waals surface area contributed by atoms with Crippen molar-refractivity contribution < 1.29 is 17.9 Å². The molecule has 5 nitrogen and oxygen atoms in total. The molecule has 0 bridgehead atoms. The number of methoxy groups -OCH3 is 1. The van der Waals surface area contributed by atoms with Crippen LogP contribution in [0.15, 0.2) is 89.8 Å². The van der Waals surface area contributed by atoms with Gasteiger partial charge in [0.15, 0.2) is 9.84 Å². The summed E-state index contributed by atoms with van der Waals surface area (Å²) in [5.74, 6) is 0.303. The Balaban J connectivity index is 1.85. The Morgan fingerprint density at radius 2 is 1.46 bits per heavy atom. The zero-order valence-electron chi connectivity index (χ0n) is 15.4. The largest absolute Gasteiger partial charge is 0.497 e. The van der Waals surface area contributed by atoms with Crippen LogP contribution in [-0.2, 0) is 9.84 Å². The highest BCUT2D eigenvalue weighted by molar-refractivity contribution is 7.91. The third kappa shape index (κ3) is 4.40. The van der Waals surface area contributed by atoms with Gasteiger partial charge in [-0.1, -0.05) is 48.5 Å². The number of nitrogens with one attached hydrogen (secondary N) is 1. The minimum absolute atomic E-state index is 0.0356. The number of amides is 1. The monoisotopic (exact) mass is 395 g/mol. The standard InChI is InChI=1S/C22H21NO4S/c1-27-19-14-12-18(13-15-19)22(24)23-16-21(17-8-4-2-5-9-17)28(25,26)20-10-6-3-7-11-20/h2-15,21H,16H2,1H3,(H,23,24)/t21-/m1/s1. The van der Waals surface area contributed by atoms with Crippen LogP contribution in [0.25, 0.3) is 0 Å². The first-order valence-electron chi connectivity index (χ1n) is 8.78. The third-order valence-corrected chi connectivity index (χ3v) is 6.54. The number of benzene rings is 3. The van der Waals surface area contributed by atoms with E-state index < -0.39 is 15.1 Å². The maximum Gasteiger partial charge on any atom is 0.251 e. The summed E-state index contributed by atoms with van der Waals surface area (Å²) >= 11 is 0. The summed E-state index contributed by atoms with van der Waals surface area (Å²) < 4.78 is 31.5. The average Bonchev–Trinajstić information content (AvgIpc) is 2.75. The Labute approximate surface area is 164 Å². The number of sulfone groups is 1. The van der Waals surface area contributed by atoms with Crippen LogP contribution in [0.5, 0.6) is 5.75 Å². The molecule has 0 aliphatic heterocycles. The van der Waals surface area contributed by atoms with Crippen molar-refractivity contribution in [2.75, 3.05) is 13.7 Å². The van der Waals surface area contributed by atoms with Crippen molar-refractivity contribution in [2.45, 2.75) is 10.1 Å². The maximum absolute atomic E-state index is 13.2. The van der Waals surface area contributed by atoms with E-state index in [0.717, 1.165) is 0 Å².